The maximum Gasteiger partial charge on any atom is 0.118 e. The molecule has 3 rings (SSSR count). The van der Waals surface area contributed by atoms with Crippen LogP contribution in [0.15, 0.2) is 84.9 Å². The van der Waals surface area contributed by atoms with Gasteiger partial charge in [-0.1, -0.05) is 79.7 Å². The van der Waals surface area contributed by atoms with E-state index in [1.54, 1.807) is 7.11 Å². The van der Waals surface area contributed by atoms with Crippen LogP contribution in [0, 0.1) is 0 Å². The van der Waals surface area contributed by atoms with E-state index in [1.807, 2.05) is 0 Å². The summed E-state index contributed by atoms with van der Waals surface area (Å²) in [6.45, 7) is 2.38. The van der Waals surface area contributed by atoms with Crippen LogP contribution >= 0.6 is 0 Å². The molecule has 0 fully saturated rings. The van der Waals surface area contributed by atoms with Gasteiger partial charge in [0.05, 0.1) is 7.11 Å². The fourth-order valence-electron chi connectivity index (χ4n) is 3.44. The lowest BCUT2D eigenvalue weighted by Gasteiger charge is -2.31. The van der Waals surface area contributed by atoms with Crippen molar-refractivity contribution in [1.29, 1.82) is 0 Å². The molecule has 0 aliphatic carbocycles. The molecule has 1 heteroatoms. The highest BCUT2D eigenvalue weighted by molar-refractivity contribution is 5.34. The molecule has 1 unspecified atom stereocenters. The molecule has 1 nitrogen and oxygen atoms in total. The van der Waals surface area contributed by atoms with Crippen molar-refractivity contribution in [3.05, 3.63) is 102 Å². The first-order chi connectivity index (χ1) is 12.2. The van der Waals surface area contributed by atoms with Crippen molar-refractivity contribution < 1.29 is 4.74 Å². The third kappa shape index (κ3) is 4.51. The third-order valence-corrected chi connectivity index (χ3v) is 5.03. The van der Waals surface area contributed by atoms with Crippen molar-refractivity contribution in [3.8, 4) is 5.75 Å². The summed E-state index contributed by atoms with van der Waals surface area (Å²) in [6, 6.07) is 30.1. The second-order valence-electron chi connectivity index (χ2n) is 6.94. The Bertz CT molecular complexity index is 762. The summed E-state index contributed by atoms with van der Waals surface area (Å²) in [7, 11) is 1.72. The Morgan fingerprint density at radius 2 is 1.28 bits per heavy atom. The number of hydrogen-bond acceptors (Lipinski definition) is 1. The number of methoxy groups -OCH3 is 1. The topological polar surface area (TPSA) is 9.23 Å². The predicted molar refractivity (Wildman–Crippen MR) is 105 cm³/mol. The molecule has 128 valence electrons. The number of aryl methyl sites for hydroxylation is 1. The second kappa shape index (κ2) is 8.02. The normalized spacial score (nSPS) is 13.2. The van der Waals surface area contributed by atoms with Crippen LogP contribution in [0.4, 0.5) is 0 Å². The Morgan fingerprint density at radius 1 is 0.720 bits per heavy atom. The molecule has 0 saturated carbocycles. The fraction of sp³-hybridized carbons (Fsp3) is 0.250. The van der Waals surface area contributed by atoms with Gasteiger partial charge in [0.25, 0.3) is 0 Å². The molecule has 3 aromatic rings. The first-order valence-electron chi connectivity index (χ1n) is 8.92. The molecule has 0 spiro atoms. The highest BCUT2D eigenvalue weighted by Crippen LogP contribution is 2.34. The molecule has 0 amide bonds. The molecule has 0 N–H and O–H groups in total. The van der Waals surface area contributed by atoms with Crippen molar-refractivity contribution in [2.24, 2.45) is 0 Å². The number of hydrogen-bond donors (Lipinski definition) is 0. The Hall–Kier alpha value is -2.54. The van der Waals surface area contributed by atoms with Gasteiger partial charge in [0, 0.05) is 0 Å². The van der Waals surface area contributed by atoms with Crippen molar-refractivity contribution in [1.82, 2.24) is 0 Å². The van der Waals surface area contributed by atoms with Gasteiger partial charge in [-0.25, -0.2) is 0 Å². The molecule has 0 aliphatic heterocycles. The number of rotatable bonds is 7. The van der Waals surface area contributed by atoms with Gasteiger partial charge in [0.1, 0.15) is 5.75 Å². The standard InChI is InChI=1S/C24H26O/c1-24(19-21-11-7-4-8-12-21,18-17-20-9-5-3-6-10-20)22-13-15-23(25-2)16-14-22/h3-16H,17-19H2,1-2H3. The second-order valence-corrected chi connectivity index (χ2v) is 6.94. The summed E-state index contributed by atoms with van der Waals surface area (Å²) in [6.07, 6.45) is 3.22. The van der Waals surface area contributed by atoms with Crippen molar-refractivity contribution in [3.63, 3.8) is 0 Å². The monoisotopic (exact) mass is 330 g/mol. The van der Waals surface area contributed by atoms with E-state index in [0.717, 1.165) is 25.0 Å². The minimum absolute atomic E-state index is 0.0868. The molecule has 1 atom stereocenters. The first-order valence-corrected chi connectivity index (χ1v) is 8.92. The van der Waals surface area contributed by atoms with Crippen LogP contribution in [0.1, 0.15) is 30.0 Å². The molecular formula is C24H26O. The van der Waals surface area contributed by atoms with E-state index < -0.39 is 0 Å². The first kappa shape index (κ1) is 17.3. The van der Waals surface area contributed by atoms with Crippen LogP contribution in [-0.4, -0.2) is 7.11 Å². The Balaban J connectivity index is 1.86. The average Bonchev–Trinajstić information content (AvgIpc) is 2.68. The average molecular weight is 330 g/mol. The molecule has 25 heavy (non-hydrogen) atoms. The van der Waals surface area contributed by atoms with Gasteiger partial charge in [0.15, 0.2) is 0 Å². The molecular weight excluding hydrogens is 304 g/mol. The number of benzene rings is 3. The summed E-state index contributed by atoms with van der Waals surface area (Å²) >= 11 is 0. The van der Waals surface area contributed by atoms with Gasteiger partial charge in [-0.05, 0) is 53.5 Å². The summed E-state index contributed by atoms with van der Waals surface area (Å²) in [4.78, 5) is 0. The summed E-state index contributed by atoms with van der Waals surface area (Å²) in [5, 5.41) is 0. The molecule has 0 aromatic heterocycles. The van der Waals surface area contributed by atoms with Crippen LogP contribution in [0.25, 0.3) is 0 Å². The predicted octanol–water partition coefficient (Wildman–Crippen LogP) is 5.83. The van der Waals surface area contributed by atoms with Gasteiger partial charge in [0.2, 0.25) is 0 Å². The maximum absolute atomic E-state index is 5.33. The Kier molecular flexibility index (Phi) is 5.55. The molecule has 0 bridgehead atoms. The van der Waals surface area contributed by atoms with E-state index in [4.69, 9.17) is 4.74 Å². The van der Waals surface area contributed by atoms with Crippen LogP contribution in [-0.2, 0) is 18.3 Å². The van der Waals surface area contributed by atoms with Crippen molar-refractivity contribution in [2.45, 2.75) is 31.6 Å². The smallest absolute Gasteiger partial charge is 0.118 e. The van der Waals surface area contributed by atoms with Gasteiger partial charge in [-0.3, -0.25) is 0 Å². The van der Waals surface area contributed by atoms with Crippen LogP contribution in [0.3, 0.4) is 0 Å². The van der Waals surface area contributed by atoms with E-state index in [0.29, 0.717) is 0 Å². The zero-order valence-electron chi connectivity index (χ0n) is 15.1. The lowest BCUT2D eigenvalue weighted by atomic mass is 9.73. The molecule has 0 radical (unpaired) electrons. The zero-order valence-corrected chi connectivity index (χ0v) is 15.1. The van der Waals surface area contributed by atoms with E-state index >= 15 is 0 Å². The van der Waals surface area contributed by atoms with E-state index in [2.05, 4.69) is 91.9 Å². The highest BCUT2D eigenvalue weighted by Gasteiger charge is 2.27. The van der Waals surface area contributed by atoms with Gasteiger partial charge < -0.3 is 4.74 Å². The van der Waals surface area contributed by atoms with Crippen LogP contribution < -0.4 is 4.74 Å². The van der Waals surface area contributed by atoms with Crippen molar-refractivity contribution >= 4 is 0 Å². The SMILES string of the molecule is COc1ccc(C(C)(CCc2ccccc2)Cc2ccccc2)cc1. The van der Waals surface area contributed by atoms with Crippen LogP contribution in [0.2, 0.25) is 0 Å². The van der Waals surface area contributed by atoms with Crippen molar-refractivity contribution in [2.75, 3.05) is 7.11 Å². The lowest BCUT2D eigenvalue weighted by molar-refractivity contribution is 0.410. The minimum Gasteiger partial charge on any atom is -0.497 e. The van der Waals surface area contributed by atoms with E-state index in [9.17, 15) is 0 Å². The minimum atomic E-state index is 0.0868. The van der Waals surface area contributed by atoms with E-state index in [-0.39, 0.29) is 5.41 Å². The number of ether oxygens (including phenoxy) is 1. The summed E-state index contributed by atoms with van der Waals surface area (Å²) in [5.41, 5.74) is 4.24. The molecule has 0 aliphatic rings. The molecule has 0 heterocycles. The fourth-order valence-corrected chi connectivity index (χ4v) is 3.44. The third-order valence-electron chi connectivity index (χ3n) is 5.03. The Morgan fingerprint density at radius 3 is 1.84 bits per heavy atom. The lowest BCUT2D eigenvalue weighted by Crippen LogP contribution is -2.26. The van der Waals surface area contributed by atoms with Gasteiger partial charge in [-0.15, -0.1) is 0 Å². The highest BCUT2D eigenvalue weighted by atomic mass is 16.5. The maximum atomic E-state index is 5.33. The van der Waals surface area contributed by atoms with E-state index in [1.165, 1.54) is 16.7 Å². The summed E-state index contributed by atoms with van der Waals surface area (Å²) < 4.78 is 5.33. The largest absolute Gasteiger partial charge is 0.497 e. The Labute approximate surface area is 151 Å². The molecule has 0 saturated heterocycles. The molecule has 3 aromatic carbocycles. The van der Waals surface area contributed by atoms with Crippen LogP contribution in [0.5, 0.6) is 5.75 Å². The zero-order chi connectivity index (χ0) is 17.5. The van der Waals surface area contributed by atoms with Gasteiger partial charge in [-0.2, -0.15) is 0 Å². The van der Waals surface area contributed by atoms with Gasteiger partial charge >= 0.3 is 0 Å². The summed E-state index contributed by atoms with van der Waals surface area (Å²) in [5.74, 6) is 0.911. The quantitative estimate of drug-likeness (QED) is 0.530.